The SMILES string of the molecule is [CH2]c1cccnc1C(C)(C)C(=O)O. The van der Waals surface area contributed by atoms with Crippen LogP contribution in [0.2, 0.25) is 0 Å². The monoisotopic (exact) mass is 178 g/mol. The number of aliphatic carboxylic acids is 1. The second-order valence-corrected chi connectivity index (χ2v) is 3.44. The summed E-state index contributed by atoms with van der Waals surface area (Å²) in [4.78, 5) is 14.9. The van der Waals surface area contributed by atoms with Gasteiger partial charge in [0.05, 0.1) is 5.69 Å². The van der Waals surface area contributed by atoms with Crippen LogP contribution in [-0.4, -0.2) is 16.1 Å². The molecular weight excluding hydrogens is 166 g/mol. The summed E-state index contributed by atoms with van der Waals surface area (Å²) >= 11 is 0. The highest BCUT2D eigenvalue weighted by Gasteiger charge is 2.32. The molecule has 0 amide bonds. The third-order valence-corrected chi connectivity index (χ3v) is 2.02. The molecule has 1 N–H and O–H groups in total. The average Bonchev–Trinajstić information content (AvgIpc) is 2.04. The molecule has 1 heterocycles. The fourth-order valence-electron chi connectivity index (χ4n) is 1.10. The van der Waals surface area contributed by atoms with E-state index in [0.717, 1.165) is 0 Å². The van der Waals surface area contributed by atoms with E-state index in [2.05, 4.69) is 11.9 Å². The highest BCUT2D eigenvalue weighted by molar-refractivity contribution is 5.80. The maximum absolute atomic E-state index is 10.9. The molecule has 3 heteroatoms. The summed E-state index contributed by atoms with van der Waals surface area (Å²) in [6.07, 6.45) is 1.58. The second-order valence-electron chi connectivity index (χ2n) is 3.44. The number of rotatable bonds is 2. The maximum atomic E-state index is 10.9. The minimum absolute atomic E-state index is 0.516. The molecule has 0 fully saturated rings. The van der Waals surface area contributed by atoms with E-state index in [0.29, 0.717) is 11.3 Å². The minimum atomic E-state index is -0.974. The number of carboxylic acid groups (broad SMARTS) is 1. The molecular formula is C10H12NO2. The molecule has 69 valence electrons. The Hall–Kier alpha value is -1.38. The number of hydrogen-bond acceptors (Lipinski definition) is 2. The van der Waals surface area contributed by atoms with Crippen molar-refractivity contribution in [2.24, 2.45) is 0 Å². The molecule has 0 unspecified atom stereocenters. The van der Waals surface area contributed by atoms with E-state index in [4.69, 9.17) is 5.11 Å². The predicted molar refractivity (Wildman–Crippen MR) is 49.4 cm³/mol. The fourth-order valence-corrected chi connectivity index (χ4v) is 1.10. The third kappa shape index (κ3) is 1.69. The summed E-state index contributed by atoms with van der Waals surface area (Å²) in [5.74, 6) is -0.892. The molecule has 3 nitrogen and oxygen atoms in total. The van der Waals surface area contributed by atoms with Crippen LogP contribution in [0.3, 0.4) is 0 Å². The first kappa shape index (κ1) is 9.71. The zero-order valence-electron chi connectivity index (χ0n) is 7.74. The van der Waals surface area contributed by atoms with Crippen LogP contribution in [0.25, 0.3) is 0 Å². The molecule has 0 bridgehead atoms. The molecule has 0 atom stereocenters. The van der Waals surface area contributed by atoms with Gasteiger partial charge in [0.15, 0.2) is 0 Å². The Bertz CT molecular complexity index is 331. The fraction of sp³-hybridized carbons (Fsp3) is 0.300. The molecule has 1 aromatic heterocycles. The second kappa shape index (κ2) is 3.17. The Labute approximate surface area is 77.4 Å². The van der Waals surface area contributed by atoms with Crippen molar-refractivity contribution in [2.75, 3.05) is 0 Å². The van der Waals surface area contributed by atoms with Gasteiger partial charge in [0, 0.05) is 6.20 Å². The highest BCUT2D eigenvalue weighted by Crippen LogP contribution is 2.23. The first-order valence-corrected chi connectivity index (χ1v) is 3.97. The maximum Gasteiger partial charge on any atom is 0.315 e. The van der Waals surface area contributed by atoms with E-state index in [1.54, 1.807) is 32.2 Å². The van der Waals surface area contributed by atoms with Crippen LogP contribution in [0.15, 0.2) is 18.3 Å². The molecule has 0 aliphatic rings. The molecule has 1 rings (SSSR count). The first-order valence-electron chi connectivity index (χ1n) is 3.97. The van der Waals surface area contributed by atoms with Gasteiger partial charge < -0.3 is 5.11 Å². The molecule has 0 spiro atoms. The van der Waals surface area contributed by atoms with Crippen molar-refractivity contribution in [3.05, 3.63) is 36.5 Å². The number of hydrogen-bond donors (Lipinski definition) is 1. The standard InChI is InChI=1S/C10H12NO2/c1-7-5-4-6-11-8(7)10(2,3)9(12)13/h4-6H,1H2,2-3H3,(H,12,13). The van der Waals surface area contributed by atoms with Crippen LogP contribution in [0.5, 0.6) is 0 Å². The number of aromatic nitrogens is 1. The summed E-state index contributed by atoms with van der Waals surface area (Å²) in [6.45, 7) is 6.98. The smallest absolute Gasteiger partial charge is 0.315 e. The van der Waals surface area contributed by atoms with Gasteiger partial charge in [0.25, 0.3) is 0 Å². The lowest BCUT2D eigenvalue weighted by Gasteiger charge is -2.19. The van der Waals surface area contributed by atoms with Crippen molar-refractivity contribution in [3.8, 4) is 0 Å². The van der Waals surface area contributed by atoms with Gasteiger partial charge in [-0.05, 0) is 32.4 Å². The van der Waals surface area contributed by atoms with Crippen LogP contribution in [0.1, 0.15) is 25.1 Å². The minimum Gasteiger partial charge on any atom is -0.481 e. The summed E-state index contributed by atoms with van der Waals surface area (Å²) in [5, 5.41) is 8.95. The lowest BCUT2D eigenvalue weighted by atomic mass is 9.86. The zero-order valence-corrected chi connectivity index (χ0v) is 7.74. The largest absolute Gasteiger partial charge is 0.481 e. The Balaban J connectivity index is 3.22. The number of carbonyl (C=O) groups is 1. The van der Waals surface area contributed by atoms with Gasteiger partial charge in [0.2, 0.25) is 0 Å². The zero-order chi connectivity index (χ0) is 10.1. The molecule has 1 aromatic rings. The van der Waals surface area contributed by atoms with E-state index >= 15 is 0 Å². The number of nitrogens with zero attached hydrogens (tertiary/aromatic N) is 1. The van der Waals surface area contributed by atoms with E-state index < -0.39 is 11.4 Å². The summed E-state index contributed by atoms with van der Waals surface area (Å²) in [7, 11) is 0. The third-order valence-electron chi connectivity index (χ3n) is 2.02. The van der Waals surface area contributed by atoms with Gasteiger partial charge in [-0.25, -0.2) is 0 Å². The molecule has 1 radical (unpaired) electrons. The van der Waals surface area contributed by atoms with E-state index in [1.165, 1.54) is 0 Å². The molecule has 13 heavy (non-hydrogen) atoms. The summed E-state index contributed by atoms with van der Waals surface area (Å²) < 4.78 is 0. The van der Waals surface area contributed by atoms with E-state index in [9.17, 15) is 4.79 Å². The molecule has 0 aliphatic carbocycles. The Morgan fingerprint density at radius 1 is 1.62 bits per heavy atom. The molecule has 0 aliphatic heterocycles. The Morgan fingerprint density at radius 3 is 2.69 bits per heavy atom. The quantitative estimate of drug-likeness (QED) is 0.748. The topological polar surface area (TPSA) is 50.2 Å². The van der Waals surface area contributed by atoms with Crippen LogP contribution in [0.4, 0.5) is 0 Å². The number of carboxylic acids is 1. The molecule has 0 saturated carbocycles. The van der Waals surface area contributed by atoms with Gasteiger partial charge >= 0.3 is 5.97 Å². The van der Waals surface area contributed by atoms with Crippen molar-refractivity contribution in [3.63, 3.8) is 0 Å². The lowest BCUT2D eigenvalue weighted by molar-refractivity contribution is -0.142. The van der Waals surface area contributed by atoms with Crippen molar-refractivity contribution < 1.29 is 9.90 Å². The van der Waals surface area contributed by atoms with Crippen LogP contribution in [0, 0.1) is 6.92 Å². The summed E-state index contributed by atoms with van der Waals surface area (Å²) in [5.41, 5.74) is 0.204. The highest BCUT2D eigenvalue weighted by atomic mass is 16.4. The van der Waals surface area contributed by atoms with Crippen molar-refractivity contribution in [2.45, 2.75) is 19.3 Å². The molecule has 0 saturated heterocycles. The van der Waals surface area contributed by atoms with Crippen LogP contribution < -0.4 is 0 Å². The normalized spacial score (nSPS) is 11.3. The Morgan fingerprint density at radius 2 is 2.23 bits per heavy atom. The molecule has 0 aromatic carbocycles. The van der Waals surface area contributed by atoms with Gasteiger partial charge in [-0.2, -0.15) is 0 Å². The van der Waals surface area contributed by atoms with Crippen molar-refractivity contribution >= 4 is 5.97 Å². The van der Waals surface area contributed by atoms with Gasteiger partial charge in [-0.1, -0.05) is 6.07 Å². The van der Waals surface area contributed by atoms with Gasteiger partial charge in [-0.15, -0.1) is 0 Å². The van der Waals surface area contributed by atoms with Crippen molar-refractivity contribution in [1.29, 1.82) is 0 Å². The lowest BCUT2D eigenvalue weighted by Crippen LogP contribution is -2.30. The average molecular weight is 178 g/mol. The van der Waals surface area contributed by atoms with Crippen LogP contribution in [-0.2, 0) is 10.2 Å². The first-order chi connectivity index (χ1) is 5.96. The van der Waals surface area contributed by atoms with Gasteiger partial charge in [-0.3, -0.25) is 9.78 Å². The van der Waals surface area contributed by atoms with Gasteiger partial charge in [0.1, 0.15) is 5.41 Å². The predicted octanol–water partition coefficient (Wildman–Crippen LogP) is 1.63. The Kier molecular flexibility index (Phi) is 2.36. The van der Waals surface area contributed by atoms with E-state index in [-0.39, 0.29) is 0 Å². The number of pyridine rings is 1. The van der Waals surface area contributed by atoms with Crippen LogP contribution >= 0.6 is 0 Å². The van der Waals surface area contributed by atoms with E-state index in [1.807, 2.05) is 0 Å². The van der Waals surface area contributed by atoms with Crippen molar-refractivity contribution in [1.82, 2.24) is 4.98 Å². The summed E-state index contributed by atoms with van der Waals surface area (Å²) in [6, 6.07) is 3.50.